The Morgan fingerprint density at radius 2 is 0.711 bits per heavy atom. The molecule has 8 aromatic carbocycles. The molecule has 0 aliphatic carbocycles. The van der Waals surface area contributed by atoms with E-state index in [2.05, 4.69) is 68.0 Å². The first kappa shape index (κ1) is 51.1. The number of ether oxygens (including phenoxy) is 2. The average Bonchev–Trinajstić information content (AvgIpc) is 3.90. The second-order valence-electron chi connectivity index (χ2n) is 20.2. The lowest BCUT2D eigenvalue weighted by Crippen LogP contribution is -2.12. The van der Waals surface area contributed by atoms with E-state index in [1.165, 1.54) is 0 Å². The van der Waals surface area contributed by atoms with Gasteiger partial charge in [0.2, 0.25) is 0 Å². The molecule has 0 unspecified atom stereocenters. The molecule has 0 fully saturated rings. The minimum atomic E-state index is -0.0211. The van der Waals surface area contributed by atoms with Crippen LogP contribution < -0.4 is 0 Å². The van der Waals surface area contributed by atoms with Gasteiger partial charge in [-0.05, 0) is 149 Å². The van der Waals surface area contributed by atoms with Crippen molar-refractivity contribution < 1.29 is 29.5 Å². The predicted octanol–water partition coefficient (Wildman–Crippen LogP) is 14.0. The molecule has 0 bridgehead atoms. The zero-order chi connectivity index (χ0) is 53.4. The molecule has 2 aromatic heterocycles. The molecule has 2 N–H and O–H groups in total. The van der Waals surface area contributed by atoms with Crippen LogP contribution in [0.2, 0.25) is 0 Å². The third-order valence-corrected chi connectivity index (χ3v) is 14.9. The summed E-state index contributed by atoms with van der Waals surface area (Å²) in [5.74, 6) is -0.0421. The van der Waals surface area contributed by atoms with Crippen LogP contribution in [0, 0.1) is 55.4 Å². The summed E-state index contributed by atoms with van der Waals surface area (Å²) in [5, 5.41) is 32.0. The van der Waals surface area contributed by atoms with Crippen LogP contribution in [0.15, 0.2) is 156 Å². The summed E-state index contributed by atoms with van der Waals surface area (Å²) in [4.78, 5) is 28.4. The van der Waals surface area contributed by atoms with E-state index in [1.54, 1.807) is 0 Å². The summed E-state index contributed by atoms with van der Waals surface area (Å²) in [6.45, 7) is 18.7. The lowest BCUT2D eigenvalue weighted by Gasteiger charge is -2.12. The lowest BCUT2D eigenvalue weighted by molar-refractivity contribution is 0.0431. The summed E-state index contributed by atoms with van der Waals surface area (Å²) < 4.78 is 17.0. The van der Waals surface area contributed by atoms with Gasteiger partial charge in [0.15, 0.2) is 11.6 Å². The number of hydrogen-bond acceptors (Lipinski definition) is 8. The molecule has 0 atom stereocenters. The Kier molecular flexibility index (Phi) is 14.4. The van der Waals surface area contributed by atoms with Gasteiger partial charge in [-0.25, -0.2) is 0 Å². The number of aromatic nitrogens is 2. The zero-order valence-corrected chi connectivity index (χ0v) is 44.4. The molecule has 2 heterocycles. The van der Waals surface area contributed by atoms with Gasteiger partial charge in [0.1, 0.15) is 11.4 Å². The topological polar surface area (TPSA) is 128 Å². The number of nitrogens with zero attached hydrogens (tertiary/aromatic N) is 4. The summed E-state index contributed by atoms with van der Waals surface area (Å²) >= 11 is 0. The number of fused-ring (bicyclic) bond motifs is 6. The quantitative estimate of drug-likeness (QED) is 0.0307. The summed E-state index contributed by atoms with van der Waals surface area (Å²) in [6, 6.07) is 47.9. The van der Waals surface area contributed by atoms with Crippen molar-refractivity contribution in [3.63, 3.8) is 0 Å². The summed E-state index contributed by atoms with van der Waals surface area (Å²) in [5.41, 5.74) is 18.7. The van der Waals surface area contributed by atoms with Crippen molar-refractivity contribution in [1.82, 2.24) is 9.13 Å². The second kappa shape index (κ2) is 21.4. The molecule has 0 aliphatic rings. The molecule has 0 amide bonds. The molecule has 10 heteroatoms. The van der Waals surface area contributed by atoms with Gasteiger partial charge >= 0.3 is 0 Å². The van der Waals surface area contributed by atoms with Gasteiger partial charge in [0, 0.05) is 101 Å². The van der Waals surface area contributed by atoms with Crippen LogP contribution >= 0.6 is 0 Å². The number of oxime groups is 2. The summed E-state index contributed by atoms with van der Waals surface area (Å²) in [7, 11) is 0. The molecular weight excluding hydrogens is 945 g/mol. The highest BCUT2D eigenvalue weighted by Gasteiger charge is 2.22. The molecule has 10 aromatic rings. The number of ketones is 2. The fourth-order valence-corrected chi connectivity index (χ4v) is 11.5. The van der Waals surface area contributed by atoms with Gasteiger partial charge in [-0.15, -0.1) is 0 Å². The van der Waals surface area contributed by atoms with Crippen molar-refractivity contribution in [3.05, 3.63) is 235 Å². The fraction of sp³-hybridized carbons (Fsp3) is 0.212. The van der Waals surface area contributed by atoms with Gasteiger partial charge < -0.3 is 29.0 Å². The molecule has 0 saturated carbocycles. The number of hydrogen-bond donors (Lipinski definition) is 2. The molecule has 0 radical (unpaired) electrons. The number of carbonyl (C=O) groups is 2. The van der Waals surface area contributed by atoms with E-state index in [1.807, 2.05) is 152 Å². The zero-order valence-electron chi connectivity index (χ0n) is 44.4. The number of carbonyl (C=O) groups excluding carboxylic acids is 2. The second-order valence-corrected chi connectivity index (χ2v) is 20.2. The van der Waals surface area contributed by atoms with Gasteiger partial charge in [-0.1, -0.05) is 106 Å². The molecule has 76 heavy (non-hydrogen) atoms. The van der Waals surface area contributed by atoms with Crippen LogP contribution in [0.25, 0.3) is 43.6 Å². The first-order valence-electron chi connectivity index (χ1n) is 25.9. The Morgan fingerprint density at radius 3 is 1.04 bits per heavy atom. The van der Waals surface area contributed by atoms with Crippen molar-refractivity contribution in [2.24, 2.45) is 10.3 Å². The van der Waals surface area contributed by atoms with Gasteiger partial charge in [-0.2, -0.15) is 0 Å². The highest BCUT2D eigenvalue weighted by Crippen LogP contribution is 2.35. The van der Waals surface area contributed by atoms with E-state index < -0.39 is 0 Å². The highest BCUT2D eigenvalue weighted by molar-refractivity contribution is 6.21. The Labute approximate surface area is 443 Å². The van der Waals surface area contributed by atoms with Crippen molar-refractivity contribution in [2.45, 2.75) is 68.5 Å². The maximum Gasteiger partial charge on any atom is 0.193 e. The van der Waals surface area contributed by atoms with Gasteiger partial charge in [0.25, 0.3) is 0 Å². The first-order valence-corrected chi connectivity index (χ1v) is 25.9. The third kappa shape index (κ3) is 9.62. The third-order valence-electron chi connectivity index (χ3n) is 14.9. The SMILES string of the molecule is Cc1cc(C)c(C(=O)c2ccc3c(c2)c2cc(/C(=N/O)c4ccccc4C)ccc2n3CCOCCOCCn2c3ccc(C(=O)c4c(C)cc(C)cc4C)cc3c3cc(/C(=N/O)c4ccccc4C)ccc32)c(C)c1. The Balaban J connectivity index is 0.879. The number of aryl methyl sites for hydroxylation is 8. The maximum atomic E-state index is 14.2. The average molecular weight is 1010 g/mol. The van der Waals surface area contributed by atoms with E-state index in [9.17, 15) is 20.0 Å². The van der Waals surface area contributed by atoms with Crippen LogP contribution in [0.5, 0.6) is 0 Å². The van der Waals surface area contributed by atoms with E-state index in [-0.39, 0.29) is 11.6 Å². The molecule has 0 aliphatic heterocycles. The number of benzene rings is 8. The first-order chi connectivity index (χ1) is 36.8. The van der Waals surface area contributed by atoms with E-state index in [0.29, 0.717) is 62.1 Å². The smallest absolute Gasteiger partial charge is 0.193 e. The standard InChI is InChI=1S/C66H62N4O6/c1-39-31-43(5)61(44(6)32-39)65(71)49-19-23-59-55(37-49)53-35-47(63(67-73)51-15-11-9-13-41(51)3)17-21-57(53)69(59)25-27-75-29-30-76-28-26-70-58-22-18-48(64(68-74)52-16-12-10-14-42(52)4)36-54(58)56-38-50(20-24-60(56)70)66(72)62-45(7)33-40(2)34-46(62)8/h9-24,31-38,73-74H,25-30H2,1-8H3/b67-63-,68-64-. The van der Waals surface area contributed by atoms with Crippen molar-refractivity contribution >= 4 is 66.6 Å². The lowest BCUT2D eigenvalue weighted by atomic mass is 9.92. The Morgan fingerprint density at radius 1 is 0.395 bits per heavy atom. The fourth-order valence-electron chi connectivity index (χ4n) is 11.5. The Bertz CT molecular complexity index is 3700. The minimum absolute atomic E-state index is 0.0211. The van der Waals surface area contributed by atoms with E-state index >= 15 is 0 Å². The van der Waals surface area contributed by atoms with E-state index in [4.69, 9.17) is 9.47 Å². The molecule has 10 rings (SSSR count). The van der Waals surface area contributed by atoms with Crippen molar-refractivity contribution in [1.29, 1.82) is 0 Å². The van der Waals surface area contributed by atoms with Gasteiger partial charge in [-0.3, -0.25) is 9.59 Å². The van der Waals surface area contributed by atoms with Crippen LogP contribution in [0.3, 0.4) is 0 Å². The van der Waals surface area contributed by atoms with E-state index in [0.717, 1.165) is 122 Å². The molecule has 0 saturated heterocycles. The largest absolute Gasteiger partial charge is 0.410 e. The number of rotatable bonds is 17. The molecule has 382 valence electrons. The van der Waals surface area contributed by atoms with Gasteiger partial charge in [0.05, 0.1) is 26.4 Å². The minimum Gasteiger partial charge on any atom is -0.410 e. The molecular formula is C66H62N4O6. The molecule has 10 nitrogen and oxygen atoms in total. The Hall–Kier alpha value is -8.44. The monoisotopic (exact) mass is 1010 g/mol. The van der Waals surface area contributed by atoms with Crippen LogP contribution in [-0.4, -0.2) is 69.0 Å². The highest BCUT2D eigenvalue weighted by atomic mass is 16.5. The van der Waals surface area contributed by atoms with Crippen LogP contribution in [0.1, 0.15) is 98.6 Å². The molecule has 0 spiro atoms. The van der Waals surface area contributed by atoms with Crippen LogP contribution in [0.4, 0.5) is 0 Å². The maximum absolute atomic E-state index is 14.2. The van der Waals surface area contributed by atoms with Crippen molar-refractivity contribution in [2.75, 3.05) is 26.4 Å². The normalized spacial score (nSPS) is 12.2. The predicted molar refractivity (Wildman–Crippen MR) is 306 cm³/mol. The summed E-state index contributed by atoms with van der Waals surface area (Å²) in [6.07, 6.45) is 0. The van der Waals surface area contributed by atoms with Crippen LogP contribution in [-0.2, 0) is 22.6 Å². The van der Waals surface area contributed by atoms with Crippen molar-refractivity contribution in [3.8, 4) is 0 Å².